The van der Waals surface area contributed by atoms with Crippen LogP contribution in [0.25, 0.3) is 0 Å². The number of nitrogens with zero attached hydrogens (tertiary/aromatic N) is 2. The Bertz CT molecular complexity index is 544. The van der Waals surface area contributed by atoms with Crippen LogP contribution in [0.1, 0.15) is 32.3 Å². The van der Waals surface area contributed by atoms with Gasteiger partial charge in [0, 0.05) is 32.7 Å². The second-order valence-corrected chi connectivity index (χ2v) is 7.04. The second-order valence-electron chi connectivity index (χ2n) is 7.04. The molecule has 1 fully saturated rings. The molecule has 1 unspecified atom stereocenters. The van der Waals surface area contributed by atoms with Crippen LogP contribution < -0.4 is 15.4 Å². The lowest BCUT2D eigenvalue weighted by Crippen LogP contribution is -2.46. The molecule has 5 nitrogen and oxygen atoms in total. The number of hydrogen-bond acceptors (Lipinski definition) is 3. The van der Waals surface area contributed by atoms with E-state index in [0.717, 1.165) is 31.2 Å². The fourth-order valence-electron chi connectivity index (χ4n) is 3.42. The highest BCUT2D eigenvalue weighted by Gasteiger charge is 2.21. The molecule has 0 aromatic heterocycles. The van der Waals surface area contributed by atoms with E-state index in [1.165, 1.54) is 31.5 Å². The van der Waals surface area contributed by atoms with Crippen molar-refractivity contribution in [2.75, 3.05) is 40.3 Å². The maximum Gasteiger partial charge on any atom is 0.190 e. The molecule has 0 spiro atoms. The number of likely N-dealkylation sites (tertiary alicyclic amines) is 1. The molecule has 1 aromatic carbocycles. The van der Waals surface area contributed by atoms with Gasteiger partial charge in [-0.2, -0.15) is 0 Å². The Morgan fingerprint density at radius 2 is 2.12 bits per heavy atom. The minimum atomic E-state index is 0.640. The summed E-state index contributed by atoms with van der Waals surface area (Å²) in [4.78, 5) is 6.93. The molecule has 25 heavy (non-hydrogen) atoms. The van der Waals surface area contributed by atoms with Gasteiger partial charge in [0.25, 0.3) is 0 Å². The highest BCUT2D eigenvalue weighted by Crippen LogP contribution is 2.18. The molecular weight excluding hydrogens is 312 g/mol. The van der Waals surface area contributed by atoms with E-state index in [1.54, 1.807) is 7.11 Å². The van der Waals surface area contributed by atoms with Crippen molar-refractivity contribution in [3.8, 4) is 5.75 Å². The summed E-state index contributed by atoms with van der Waals surface area (Å²) >= 11 is 0. The van der Waals surface area contributed by atoms with E-state index in [1.807, 2.05) is 19.2 Å². The third-order valence-electron chi connectivity index (χ3n) is 4.94. The highest BCUT2D eigenvalue weighted by atomic mass is 16.5. The molecule has 0 radical (unpaired) electrons. The Morgan fingerprint density at radius 1 is 1.32 bits per heavy atom. The monoisotopic (exact) mass is 346 g/mol. The Morgan fingerprint density at radius 3 is 2.84 bits per heavy atom. The third-order valence-corrected chi connectivity index (χ3v) is 4.94. The topological polar surface area (TPSA) is 48.9 Å². The van der Waals surface area contributed by atoms with Crippen LogP contribution >= 0.6 is 0 Å². The lowest BCUT2D eigenvalue weighted by molar-refractivity contribution is 0.141. The van der Waals surface area contributed by atoms with Crippen LogP contribution in [0.15, 0.2) is 29.3 Å². The lowest BCUT2D eigenvalue weighted by atomic mass is 9.97. The van der Waals surface area contributed by atoms with E-state index in [9.17, 15) is 0 Å². The zero-order valence-electron chi connectivity index (χ0n) is 16.2. The third kappa shape index (κ3) is 6.24. The molecule has 1 heterocycles. The quantitative estimate of drug-likeness (QED) is 0.588. The van der Waals surface area contributed by atoms with Crippen molar-refractivity contribution in [3.63, 3.8) is 0 Å². The Hall–Kier alpha value is -1.75. The van der Waals surface area contributed by atoms with Gasteiger partial charge in [0.1, 0.15) is 5.75 Å². The zero-order valence-corrected chi connectivity index (χ0v) is 16.2. The minimum Gasteiger partial charge on any atom is -0.496 e. The van der Waals surface area contributed by atoms with Crippen molar-refractivity contribution in [1.82, 2.24) is 15.5 Å². The zero-order chi connectivity index (χ0) is 18.1. The SMILES string of the molecule is CN=C(NCCc1ccccc1OC)NCC1CCCN(C(C)C)C1. The predicted molar refractivity (Wildman–Crippen MR) is 105 cm³/mol. The molecule has 0 saturated carbocycles. The van der Waals surface area contributed by atoms with Gasteiger partial charge in [0.05, 0.1) is 7.11 Å². The van der Waals surface area contributed by atoms with Crippen molar-refractivity contribution in [2.45, 2.75) is 39.2 Å². The molecule has 1 aliphatic rings. The van der Waals surface area contributed by atoms with Crippen LogP contribution in [0.3, 0.4) is 0 Å². The fraction of sp³-hybridized carbons (Fsp3) is 0.650. The smallest absolute Gasteiger partial charge is 0.190 e. The number of hydrogen-bond donors (Lipinski definition) is 2. The number of piperidine rings is 1. The molecule has 5 heteroatoms. The predicted octanol–water partition coefficient (Wildman–Crippen LogP) is 2.52. The fourth-order valence-corrected chi connectivity index (χ4v) is 3.42. The van der Waals surface area contributed by atoms with Gasteiger partial charge in [-0.1, -0.05) is 18.2 Å². The molecule has 0 aliphatic carbocycles. The average Bonchev–Trinajstić information content (AvgIpc) is 2.65. The van der Waals surface area contributed by atoms with Gasteiger partial charge in [-0.25, -0.2) is 0 Å². The molecule has 1 aromatic rings. The summed E-state index contributed by atoms with van der Waals surface area (Å²) in [5, 5.41) is 6.91. The number of aliphatic imine (C=N–C) groups is 1. The number of nitrogens with one attached hydrogen (secondary N) is 2. The Kier molecular flexibility index (Phi) is 8.06. The normalized spacial score (nSPS) is 19.1. The highest BCUT2D eigenvalue weighted by molar-refractivity contribution is 5.79. The summed E-state index contributed by atoms with van der Waals surface area (Å²) in [6.45, 7) is 8.81. The van der Waals surface area contributed by atoms with Gasteiger partial charge < -0.3 is 20.3 Å². The van der Waals surface area contributed by atoms with Gasteiger partial charge in [-0.3, -0.25) is 4.99 Å². The van der Waals surface area contributed by atoms with Crippen LogP contribution in [0, 0.1) is 5.92 Å². The van der Waals surface area contributed by atoms with Crippen LogP contribution in [0.4, 0.5) is 0 Å². The molecule has 2 N–H and O–H groups in total. The summed E-state index contributed by atoms with van der Waals surface area (Å²) in [7, 11) is 3.55. The van der Waals surface area contributed by atoms with Crippen molar-refractivity contribution < 1.29 is 4.74 Å². The molecule has 0 amide bonds. The molecule has 1 atom stereocenters. The van der Waals surface area contributed by atoms with E-state index in [4.69, 9.17) is 4.74 Å². The maximum absolute atomic E-state index is 5.41. The minimum absolute atomic E-state index is 0.640. The van der Waals surface area contributed by atoms with Gasteiger partial charge in [-0.15, -0.1) is 0 Å². The molecule has 2 rings (SSSR count). The molecule has 1 aliphatic heterocycles. The molecule has 1 saturated heterocycles. The standard InChI is InChI=1S/C20H34N4O/c1-16(2)24-13-7-8-17(15-24)14-23-20(21-3)22-12-11-18-9-5-6-10-19(18)25-4/h5-6,9-10,16-17H,7-8,11-15H2,1-4H3,(H2,21,22,23). The summed E-state index contributed by atoms with van der Waals surface area (Å²) in [5.41, 5.74) is 1.22. The first-order chi connectivity index (χ1) is 12.1. The second kappa shape index (κ2) is 10.3. The summed E-state index contributed by atoms with van der Waals surface area (Å²) in [5.74, 6) is 2.53. The Labute approximate surface area is 152 Å². The van der Waals surface area contributed by atoms with Crippen LogP contribution in [0.5, 0.6) is 5.75 Å². The van der Waals surface area contributed by atoms with Crippen molar-refractivity contribution in [3.05, 3.63) is 29.8 Å². The average molecular weight is 347 g/mol. The first-order valence-corrected chi connectivity index (χ1v) is 9.44. The van der Waals surface area contributed by atoms with E-state index in [-0.39, 0.29) is 0 Å². The van der Waals surface area contributed by atoms with Gasteiger partial charge in [0.2, 0.25) is 0 Å². The number of rotatable bonds is 7. The van der Waals surface area contributed by atoms with E-state index in [2.05, 4.69) is 46.5 Å². The van der Waals surface area contributed by atoms with Gasteiger partial charge in [-0.05, 0) is 57.2 Å². The number of benzene rings is 1. The number of guanidine groups is 1. The van der Waals surface area contributed by atoms with E-state index in [0.29, 0.717) is 12.0 Å². The van der Waals surface area contributed by atoms with Crippen LogP contribution in [0.2, 0.25) is 0 Å². The first-order valence-electron chi connectivity index (χ1n) is 9.44. The number of methoxy groups -OCH3 is 1. The largest absolute Gasteiger partial charge is 0.496 e. The number of para-hydroxylation sites is 1. The van der Waals surface area contributed by atoms with Crippen LogP contribution in [-0.4, -0.2) is 57.2 Å². The summed E-state index contributed by atoms with van der Waals surface area (Å²) < 4.78 is 5.41. The van der Waals surface area contributed by atoms with Gasteiger partial charge >= 0.3 is 0 Å². The molecule has 0 bridgehead atoms. The van der Waals surface area contributed by atoms with E-state index >= 15 is 0 Å². The number of ether oxygens (including phenoxy) is 1. The summed E-state index contributed by atoms with van der Waals surface area (Å²) in [6, 6.07) is 8.81. The Balaban J connectivity index is 1.73. The van der Waals surface area contributed by atoms with Crippen LogP contribution in [-0.2, 0) is 6.42 Å². The van der Waals surface area contributed by atoms with Crippen molar-refractivity contribution in [2.24, 2.45) is 10.9 Å². The maximum atomic E-state index is 5.41. The summed E-state index contributed by atoms with van der Waals surface area (Å²) in [6.07, 6.45) is 3.51. The van der Waals surface area contributed by atoms with Crippen molar-refractivity contribution >= 4 is 5.96 Å². The van der Waals surface area contributed by atoms with Gasteiger partial charge in [0.15, 0.2) is 5.96 Å². The first kappa shape index (κ1) is 19.6. The van der Waals surface area contributed by atoms with Crippen molar-refractivity contribution in [1.29, 1.82) is 0 Å². The lowest BCUT2D eigenvalue weighted by Gasteiger charge is -2.35. The van der Waals surface area contributed by atoms with E-state index < -0.39 is 0 Å². The molecule has 140 valence electrons. The molecular formula is C20H34N4O.